The van der Waals surface area contributed by atoms with Crippen LogP contribution in [0.25, 0.3) is 0 Å². The van der Waals surface area contributed by atoms with Crippen LogP contribution in [0.2, 0.25) is 0 Å². The van der Waals surface area contributed by atoms with Gasteiger partial charge in [0.2, 0.25) is 0 Å². The molecule has 0 saturated carbocycles. The van der Waals surface area contributed by atoms with Crippen molar-refractivity contribution in [3.63, 3.8) is 0 Å². The molecular weight excluding hydrogens is 301 g/mol. The van der Waals surface area contributed by atoms with Crippen molar-refractivity contribution in [3.05, 3.63) is 34.9 Å². The quantitative estimate of drug-likeness (QED) is 0.586. The van der Waals surface area contributed by atoms with Crippen LogP contribution in [-0.2, 0) is 25.2 Å². The van der Waals surface area contributed by atoms with Crippen molar-refractivity contribution in [3.8, 4) is 0 Å². The third-order valence-corrected chi connectivity index (χ3v) is 4.97. The van der Waals surface area contributed by atoms with E-state index in [1.165, 1.54) is 6.92 Å². The zero-order chi connectivity index (χ0) is 14.9. The molecule has 0 saturated heterocycles. The van der Waals surface area contributed by atoms with Crippen LogP contribution in [0.15, 0.2) is 18.2 Å². The normalized spacial score (nSPS) is 31.3. The minimum atomic E-state index is -3.58. The molecule has 3 unspecified atom stereocenters. The van der Waals surface area contributed by atoms with Crippen LogP contribution in [0.1, 0.15) is 36.6 Å². The summed E-state index contributed by atoms with van der Waals surface area (Å²) in [5, 5.41) is 2.48. The number of halogens is 1. The Bertz CT molecular complexity index is 577. The molecule has 0 spiro atoms. The van der Waals surface area contributed by atoms with E-state index in [1.54, 1.807) is 6.92 Å². The van der Waals surface area contributed by atoms with Crippen LogP contribution in [0, 0.1) is 6.92 Å². The lowest BCUT2D eigenvalue weighted by molar-refractivity contribution is -0.150. The lowest BCUT2D eigenvalue weighted by atomic mass is 10.0. The second-order valence-electron chi connectivity index (χ2n) is 4.87. The Morgan fingerprint density at radius 3 is 2.80 bits per heavy atom. The highest BCUT2D eigenvalue weighted by Crippen LogP contribution is 2.49. The van der Waals surface area contributed by atoms with Gasteiger partial charge in [-0.15, -0.1) is 0 Å². The maximum absolute atomic E-state index is 12.1. The fourth-order valence-electron chi connectivity index (χ4n) is 1.92. The van der Waals surface area contributed by atoms with E-state index in [0.29, 0.717) is 0 Å². The second kappa shape index (κ2) is 5.86. The number of hydrogen-bond acceptors (Lipinski definition) is 4. The number of nitrogens with one attached hydrogen (secondary N) is 1. The van der Waals surface area contributed by atoms with Crippen LogP contribution >= 0.6 is 18.1 Å². The van der Waals surface area contributed by atoms with E-state index in [2.05, 4.69) is 5.09 Å². The van der Waals surface area contributed by atoms with Crippen molar-refractivity contribution in [2.24, 2.45) is 0 Å². The van der Waals surface area contributed by atoms with Crippen molar-refractivity contribution < 1.29 is 18.6 Å². The molecular formula is C13H17ClNO4P. The smallest absolute Gasteiger partial charge is 0.361 e. The van der Waals surface area contributed by atoms with E-state index in [9.17, 15) is 9.36 Å². The van der Waals surface area contributed by atoms with Gasteiger partial charge in [0.15, 0.2) is 0 Å². The fourth-order valence-corrected chi connectivity index (χ4v) is 3.45. The van der Waals surface area contributed by atoms with E-state index in [1.807, 2.05) is 25.1 Å². The molecule has 110 valence electrons. The molecule has 0 aliphatic carbocycles. The third kappa shape index (κ3) is 3.61. The molecule has 1 aliphatic heterocycles. The zero-order valence-corrected chi connectivity index (χ0v) is 13.2. The molecule has 0 aromatic heterocycles. The maximum Gasteiger partial charge on any atom is 0.361 e. The topological polar surface area (TPSA) is 64.6 Å². The van der Waals surface area contributed by atoms with Crippen LogP contribution in [-0.4, -0.2) is 12.0 Å². The first-order valence-corrected chi connectivity index (χ1v) is 8.83. The Labute approximate surface area is 122 Å². The number of benzene rings is 1. The van der Waals surface area contributed by atoms with Crippen LogP contribution in [0.5, 0.6) is 0 Å². The average molecular weight is 318 g/mol. The highest BCUT2D eigenvalue weighted by molar-refractivity contribution is 7.83. The number of aryl methyl sites for hydroxylation is 1. The van der Waals surface area contributed by atoms with Gasteiger partial charge in [-0.2, -0.15) is 0 Å². The second-order valence-corrected chi connectivity index (χ2v) is 7.68. The largest absolute Gasteiger partial charge is 0.457 e. The van der Waals surface area contributed by atoms with Crippen LogP contribution < -0.4 is 5.09 Å². The predicted molar refractivity (Wildman–Crippen MR) is 76.5 cm³/mol. The summed E-state index contributed by atoms with van der Waals surface area (Å²) in [6, 6.07) is 4.87. The predicted octanol–water partition coefficient (Wildman–Crippen LogP) is 3.45. The Morgan fingerprint density at radius 1 is 1.40 bits per heavy atom. The van der Waals surface area contributed by atoms with Gasteiger partial charge in [0.05, 0.1) is 6.61 Å². The minimum absolute atomic E-state index is 0.112. The third-order valence-electron chi connectivity index (χ3n) is 3.22. The van der Waals surface area contributed by atoms with Gasteiger partial charge in [-0.25, -0.2) is 5.09 Å². The van der Waals surface area contributed by atoms with Gasteiger partial charge in [0.1, 0.15) is 12.1 Å². The number of hydrogen-bond donors (Lipinski definition) is 1. The number of rotatable bonds is 0. The van der Waals surface area contributed by atoms with Gasteiger partial charge < -0.3 is 9.26 Å². The lowest BCUT2D eigenvalue weighted by Gasteiger charge is -2.18. The first-order chi connectivity index (χ1) is 9.28. The van der Waals surface area contributed by atoms with E-state index in [4.69, 9.17) is 20.5 Å². The number of esters is 1. The van der Waals surface area contributed by atoms with E-state index >= 15 is 0 Å². The van der Waals surface area contributed by atoms with Gasteiger partial charge in [-0.1, -0.05) is 12.1 Å². The maximum atomic E-state index is 12.1. The molecule has 3 atom stereocenters. The summed E-state index contributed by atoms with van der Waals surface area (Å²) in [5.41, 5.74) is 2.72. The molecule has 1 aliphatic rings. The van der Waals surface area contributed by atoms with Crippen molar-refractivity contribution >= 4 is 24.1 Å². The SMILES string of the molecule is Cc1ccc2cc1COP(=O)(Cl)NC(C)C(=O)OC2C. The van der Waals surface area contributed by atoms with Gasteiger partial charge in [-0.3, -0.25) is 9.36 Å². The standard InChI is InChI=1S/C13H17ClNO4P/c1-8-4-5-11-6-12(8)7-18-20(14,17)15-9(2)13(16)19-10(11)3/h4-6,9-10H,7H2,1-3H3,(H,15,17). The molecule has 20 heavy (non-hydrogen) atoms. The van der Waals surface area contributed by atoms with Gasteiger partial charge in [-0.05, 0) is 54.8 Å². The molecule has 1 aromatic carbocycles. The van der Waals surface area contributed by atoms with Crippen molar-refractivity contribution in [1.29, 1.82) is 0 Å². The lowest BCUT2D eigenvalue weighted by Crippen LogP contribution is -2.33. The summed E-state index contributed by atoms with van der Waals surface area (Å²) in [4.78, 5) is 11.9. The van der Waals surface area contributed by atoms with E-state index in [0.717, 1.165) is 16.7 Å². The van der Waals surface area contributed by atoms with Gasteiger partial charge in [0, 0.05) is 0 Å². The number of ether oxygens (including phenoxy) is 1. The Kier molecular flexibility index (Phi) is 4.55. The summed E-state index contributed by atoms with van der Waals surface area (Å²) in [6.07, 6.45) is -0.390. The van der Waals surface area contributed by atoms with Gasteiger partial charge >= 0.3 is 12.8 Å². The fraction of sp³-hybridized carbons (Fsp3) is 0.462. The molecule has 2 rings (SSSR count). The molecule has 1 aromatic rings. The number of fused-ring (bicyclic) bond motifs is 2. The molecule has 2 bridgehead atoms. The monoisotopic (exact) mass is 317 g/mol. The minimum Gasteiger partial charge on any atom is -0.457 e. The Balaban J connectivity index is 2.39. The Hall–Kier alpha value is -0.870. The number of carbonyl (C=O) groups excluding carboxylic acids is 1. The van der Waals surface area contributed by atoms with E-state index in [-0.39, 0.29) is 12.7 Å². The molecule has 1 N–H and O–H groups in total. The summed E-state index contributed by atoms with van der Waals surface area (Å²) in [5.74, 6) is -0.522. The van der Waals surface area contributed by atoms with Crippen LogP contribution in [0.4, 0.5) is 0 Å². The molecule has 7 heteroatoms. The first-order valence-electron chi connectivity index (χ1n) is 6.30. The number of carbonyl (C=O) groups is 1. The highest BCUT2D eigenvalue weighted by Gasteiger charge is 2.29. The molecule has 0 fully saturated rings. The molecule has 0 radical (unpaired) electrons. The van der Waals surface area contributed by atoms with E-state index < -0.39 is 18.9 Å². The van der Waals surface area contributed by atoms with Crippen molar-refractivity contribution in [2.75, 3.05) is 0 Å². The van der Waals surface area contributed by atoms with Crippen LogP contribution in [0.3, 0.4) is 0 Å². The average Bonchev–Trinajstić information content (AvgIpc) is 2.37. The summed E-state index contributed by atoms with van der Waals surface area (Å²) < 4.78 is 22.6. The molecule has 1 heterocycles. The summed E-state index contributed by atoms with van der Waals surface area (Å²) in [7, 11) is 0. The zero-order valence-electron chi connectivity index (χ0n) is 11.6. The molecule has 5 nitrogen and oxygen atoms in total. The van der Waals surface area contributed by atoms with Gasteiger partial charge in [0.25, 0.3) is 0 Å². The highest BCUT2D eigenvalue weighted by atomic mass is 35.7. The van der Waals surface area contributed by atoms with Crippen molar-refractivity contribution in [2.45, 2.75) is 39.5 Å². The number of cyclic esters (lactones) is 1. The summed E-state index contributed by atoms with van der Waals surface area (Å²) in [6.45, 7) is 1.78. The first kappa shape index (κ1) is 15.5. The summed E-state index contributed by atoms with van der Waals surface area (Å²) >= 11 is 5.80. The van der Waals surface area contributed by atoms with Crippen molar-refractivity contribution in [1.82, 2.24) is 5.09 Å². The molecule has 0 amide bonds. The Morgan fingerprint density at radius 2 is 2.10 bits per heavy atom.